The van der Waals surface area contributed by atoms with Gasteiger partial charge in [-0.15, -0.1) is 0 Å². The van der Waals surface area contributed by atoms with E-state index in [0.29, 0.717) is 26.1 Å². The molecule has 0 radical (unpaired) electrons. The van der Waals surface area contributed by atoms with Crippen molar-refractivity contribution in [3.63, 3.8) is 0 Å². The predicted octanol–water partition coefficient (Wildman–Crippen LogP) is 1.50. The number of nitrogens with one attached hydrogen (secondary N) is 1. The number of hydrogen-bond acceptors (Lipinski definition) is 3. The second-order valence-corrected chi connectivity index (χ2v) is 7.89. The molecular weight excluding hydrogens is 264 g/mol. The Kier molecular flexibility index (Phi) is 6.73. The largest absolute Gasteiger partial charge is 0.396 e. The quantitative estimate of drug-likeness (QED) is 0.747. The summed E-state index contributed by atoms with van der Waals surface area (Å²) in [6, 6.07) is 0. The van der Waals surface area contributed by atoms with Crippen molar-refractivity contribution in [1.82, 2.24) is 9.03 Å². The van der Waals surface area contributed by atoms with Gasteiger partial charge in [0.1, 0.15) is 0 Å². The van der Waals surface area contributed by atoms with Gasteiger partial charge in [0, 0.05) is 26.2 Å². The van der Waals surface area contributed by atoms with Gasteiger partial charge >= 0.3 is 0 Å². The highest BCUT2D eigenvalue weighted by atomic mass is 32.2. The van der Waals surface area contributed by atoms with Gasteiger partial charge in [0.25, 0.3) is 10.2 Å². The first-order chi connectivity index (χ1) is 8.87. The molecule has 0 aromatic rings. The molecule has 0 saturated carbocycles. The molecule has 1 aliphatic heterocycles. The molecule has 5 nitrogen and oxygen atoms in total. The highest BCUT2D eigenvalue weighted by Crippen LogP contribution is 2.21. The SMILES string of the molecule is CC(C)(CCCO)CNS(=O)(=O)N1CCCCCC1. The third kappa shape index (κ3) is 6.21. The summed E-state index contributed by atoms with van der Waals surface area (Å²) in [5.41, 5.74) is -0.123. The third-order valence-corrected chi connectivity index (χ3v) is 5.20. The number of aliphatic hydroxyl groups excluding tert-OH is 1. The van der Waals surface area contributed by atoms with E-state index in [1.54, 1.807) is 4.31 Å². The normalized spacial score (nSPS) is 19.3. The molecule has 1 fully saturated rings. The van der Waals surface area contributed by atoms with Crippen LogP contribution in [0.4, 0.5) is 0 Å². The smallest absolute Gasteiger partial charge is 0.279 e. The van der Waals surface area contributed by atoms with Crippen LogP contribution < -0.4 is 4.72 Å². The minimum atomic E-state index is -3.34. The molecule has 0 bridgehead atoms. The van der Waals surface area contributed by atoms with Crippen molar-refractivity contribution in [2.45, 2.75) is 52.4 Å². The average Bonchev–Trinajstić information content (AvgIpc) is 2.64. The fourth-order valence-corrected chi connectivity index (χ4v) is 3.80. The predicted molar refractivity (Wildman–Crippen MR) is 77.1 cm³/mol. The van der Waals surface area contributed by atoms with Gasteiger partial charge in [0.15, 0.2) is 0 Å². The van der Waals surface area contributed by atoms with E-state index in [9.17, 15) is 8.42 Å². The number of hydrogen-bond donors (Lipinski definition) is 2. The Balaban J connectivity index is 2.49. The molecule has 1 aliphatic rings. The van der Waals surface area contributed by atoms with Gasteiger partial charge in [-0.05, 0) is 31.1 Å². The minimum absolute atomic E-state index is 0.123. The van der Waals surface area contributed by atoms with Gasteiger partial charge in [-0.1, -0.05) is 26.7 Å². The zero-order valence-electron chi connectivity index (χ0n) is 12.2. The zero-order valence-corrected chi connectivity index (χ0v) is 13.0. The van der Waals surface area contributed by atoms with E-state index < -0.39 is 10.2 Å². The van der Waals surface area contributed by atoms with Gasteiger partial charge in [-0.25, -0.2) is 4.72 Å². The van der Waals surface area contributed by atoms with Gasteiger partial charge < -0.3 is 5.11 Å². The van der Waals surface area contributed by atoms with Crippen LogP contribution in [0.25, 0.3) is 0 Å². The third-order valence-electron chi connectivity index (χ3n) is 3.65. The molecule has 6 heteroatoms. The summed E-state index contributed by atoms with van der Waals surface area (Å²) in [6.45, 7) is 5.88. The van der Waals surface area contributed by atoms with Crippen LogP contribution in [0.2, 0.25) is 0 Å². The summed E-state index contributed by atoms with van der Waals surface area (Å²) in [6.07, 6.45) is 5.66. The van der Waals surface area contributed by atoms with E-state index in [4.69, 9.17) is 5.11 Å². The maximum absolute atomic E-state index is 12.2. The average molecular weight is 292 g/mol. The Hall–Kier alpha value is -0.170. The number of rotatable bonds is 7. The van der Waals surface area contributed by atoms with Crippen molar-refractivity contribution in [2.24, 2.45) is 5.41 Å². The summed E-state index contributed by atoms with van der Waals surface area (Å²) in [5, 5.41) is 8.85. The molecule has 1 heterocycles. The lowest BCUT2D eigenvalue weighted by Gasteiger charge is -2.27. The highest BCUT2D eigenvalue weighted by molar-refractivity contribution is 7.87. The van der Waals surface area contributed by atoms with E-state index in [-0.39, 0.29) is 12.0 Å². The lowest BCUT2D eigenvalue weighted by molar-refractivity contribution is 0.241. The molecule has 2 N–H and O–H groups in total. The molecule has 1 saturated heterocycles. The van der Waals surface area contributed by atoms with E-state index in [2.05, 4.69) is 4.72 Å². The summed E-state index contributed by atoms with van der Waals surface area (Å²) < 4.78 is 28.7. The second-order valence-electron chi connectivity index (χ2n) is 6.13. The Labute approximate surface area is 117 Å². The maximum atomic E-state index is 12.2. The number of aliphatic hydroxyl groups is 1. The Morgan fingerprint density at radius 3 is 2.26 bits per heavy atom. The van der Waals surface area contributed by atoms with Gasteiger partial charge in [0.05, 0.1) is 0 Å². The first-order valence-corrected chi connectivity index (χ1v) is 8.67. The first-order valence-electron chi connectivity index (χ1n) is 7.23. The molecule has 0 atom stereocenters. The molecular formula is C13H28N2O3S. The molecule has 0 spiro atoms. The van der Waals surface area contributed by atoms with Crippen LogP contribution in [0, 0.1) is 5.41 Å². The van der Waals surface area contributed by atoms with Crippen molar-refractivity contribution in [3.8, 4) is 0 Å². The van der Waals surface area contributed by atoms with Gasteiger partial charge in [-0.2, -0.15) is 12.7 Å². The second kappa shape index (κ2) is 7.57. The Morgan fingerprint density at radius 1 is 1.16 bits per heavy atom. The van der Waals surface area contributed by atoms with E-state index in [1.807, 2.05) is 13.8 Å². The summed E-state index contributed by atoms with van der Waals surface area (Å²) in [7, 11) is -3.34. The molecule has 1 rings (SSSR count). The van der Waals surface area contributed by atoms with Crippen LogP contribution in [0.15, 0.2) is 0 Å². The van der Waals surface area contributed by atoms with Crippen LogP contribution in [-0.2, 0) is 10.2 Å². The highest BCUT2D eigenvalue weighted by Gasteiger charge is 2.26. The molecule has 0 unspecified atom stereocenters. The molecule has 0 amide bonds. The minimum Gasteiger partial charge on any atom is -0.396 e. The van der Waals surface area contributed by atoms with Crippen LogP contribution in [-0.4, -0.2) is 44.1 Å². The molecule has 0 aliphatic carbocycles. The topological polar surface area (TPSA) is 69.6 Å². The summed E-state index contributed by atoms with van der Waals surface area (Å²) >= 11 is 0. The van der Waals surface area contributed by atoms with E-state index in [1.165, 1.54) is 0 Å². The van der Waals surface area contributed by atoms with E-state index in [0.717, 1.165) is 32.1 Å². The first kappa shape index (κ1) is 16.9. The fourth-order valence-electron chi connectivity index (χ4n) is 2.31. The fraction of sp³-hybridized carbons (Fsp3) is 1.00. The lowest BCUT2D eigenvalue weighted by Crippen LogP contribution is -2.44. The van der Waals surface area contributed by atoms with Gasteiger partial charge in [0.2, 0.25) is 0 Å². The molecule has 0 aromatic heterocycles. The van der Waals surface area contributed by atoms with Crippen molar-refractivity contribution >= 4 is 10.2 Å². The van der Waals surface area contributed by atoms with Crippen molar-refractivity contribution < 1.29 is 13.5 Å². The molecule has 0 aromatic carbocycles. The Morgan fingerprint density at radius 2 is 1.74 bits per heavy atom. The standard InChI is InChI=1S/C13H28N2O3S/c1-13(2,8-7-11-16)12-14-19(17,18)15-9-5-3-4-6-10-15/h14,16H,3-12H2,1-2H3. The van der Waals surface area contributed by atoms with Crippen LogP contribution in [0.3, 0.4) is 0 Å². The van der Waals surface area contributed by atoms with E-state index >= 15 is 0 Å². The molecule has 114 valence electrons. The lowest BCUT2D eigenvalue weighted by atomic mass is 9.88. The van der Waals surface area contributed by atoms with Crippen LogP contribution in [0.1, 0.15) is 52.4 Å². The molecule has 19 heavy (non-hydrogen) atoms. The van der Waals surface area contributed by atoms with Crippen molar-refractivity contribution in [1.29, 1.82) is 0 Å². The Bertz CT molecular complexity index is 347. The van der Waals surface area contributed by atoms with Gasteiger partial charge in [-0.3, -0.25) is 0 Å². The summed E-state index contributed by atoms with van der Waals surface area (Å²) in [5.74, 6) is 0. The zero-order chi connectivity index (χ0) is 14.4. The monoisotopic (exact) mass is 292 g/mol. The number of nitrogens with zero attached hydrogens (tertiary/aromatic N) is 1. The summed E-state index contributed by atoms with van der Waals surface area (Å²) in [4.78, 5) is 0. The van der Waals surface area contributed by atoms with Crippen LogP contribution in [0.5, 0.6) is 0 Å². The van der Waals surface area contributed by atoms with Crippen LogP contribution >= 0.6 is 0 Å². The maximum Gasteiger partial charge on any atom is 0.279 e. The van der Waals surface area contributed by atoms with Crippen molar-refractivity contribution in [3.05, 3.63) is 0 Å². The van der Waals surface area contributed by atoms with Crippen molar-refractivity contribution in [2.75, 3.05) is 26.2 Å².